The van der Waals surface area contributed by atoms with Crippen LogP contribution in [0.4, 0.5) is 0 Å². The number of thiophene rings is 1. The molecule has 2 aliphatic rings. The van der Waals surface area contributed by atoms with Gasteiger partial charge >= 0.3 is 0 Å². The van der Waals surface area contributed by atoms with E-state index in [1.165, 1.54) is 44.9 Å². The topological polar surface area (TPSA) is 15.3 Å². The van der Waals surface area contributed by atoms with E-state index in [0.717, 1.165) is 6.54 Å². The Hall–Kier alpha value is -0.380. The third kappa shape index (κ3) is 2.68. The molecule has 1 N–H and O–H groups in total. The first-order chi connectivity index (χ1) is 9.61. The Morgan fingerprint density at radius 2 is 2.00 bits per heavy atom. The molecular weight excluding hydrogens is 264 g/mol. The fourth-order valence-electron chi connectivity index (χ4n) is 3.54. The number of hydrogen-bond donors (Lipinski definition) is 1. The maximum absolute atomic E-state index is 3.80. The molecule has 1 atom stereocenters. The largest absolute Gasteiger partial charge is 0.308 e. The van der Waals surface area contributed by atoms with Gasteiger partial charge in [0, 0.05) is 27.9 Å². The van der Waals surface area contributed by atoms with E-state index in [4.69, 9.17) is 0 Å². The molecule has 112 valence electrons. The highest BCUT2D eigenvalue weighted by Gasteiger charge is 2.38. The average Bonchev–Trinajstić information content (AvgIpc) is 2.80. The van der Waals surface area contributed by atoms with Gasteiger partial charge in [-0.3, -0.25) is 0 Å². The van der Waals surface area contributed by atoms with Crippen molar-refractivity contribution in [1.29, 1.82) is 0 Å². The summed E-state index contributed by atoms with van der Waals surface area (Å²) in [4.78, 5) is 5.63. The maximum Gasteiger partial charge on any atom is 0.0386 e. The molecular formula is C17H28N2S. The first-order valence-electron chi connectivity index (χ1n) is 8.13. The third-order valence-electron chi connectivity index (χ3n) is 5.41. The molecule has 1 heterocycles. The van der Waals surface area contributed by atoms with Gasteiger partial charge in [-0.25, -0.2) is 0 Å². The van der Waals surface area contributed by atoms with Gasteiger partial charge in [-0.2, -0.15) is 0 Å². The van der Waals surface area contributed by atoms with Crippen molar-refractivity contribution < 1.29 is 0 Å². The van der Waals surface area contributed by atoms with Crippen LogP contribution < -0.4 is 5.32 Å². The molecule has 0 bridgehead atoms. The van der Waals surface area contributed by atoms with Crippen molar-refractivity contribution in [3.63, 3.8) is 0 Å². The molecule has 0 aliphatic heterocycles. The van der Waals surface area contributed by atoms with Crippen LogP contribution in [0.15, 0.2) is 6.07 Å². The standard InChI is InChI=1S/C17H28N2S/c1-13(18-12-17(19(2)3)9-6-10-17)16-11-14-7-4-5-8-15(14)20-16/h11,13,18H,4-10,12H2,1-3H3. The molecule has 1 saturated carbocycles. The maximum atomic E-state index is 3.80. The van der Waals surface area contributed by atoms with Gasteiger partial charge in [0.2, 0.25) is 0 Å². The molecule has 2 aliphatic carbocycles. The van der Waals surface area contributed by atoms with Crippen LogP contribution in [0.2, 0.25) is 0 Å². The van der Waals surface area contributed by atoms with E-state index in [1.54, 1.807) is 15.3 Å². The first kappa shape index (κ1) is 14.6. The summed E-state index contributed by atoms with van der Waals surface area (Å²) in [5.74, 6) is 0. The van der Waals surface area contributed by atoms with Crippen molar-refractivity contribution in [3.05, 3.63) is 21.4 Å². The Morgan fingerprint density at radius 1 is 1.25 bits per heavy atom. The highest BCUT2D eigenvalue weighted by molar-refractivity contribution is 7.12. The number of nitrogens with one attached hydrogen (secondary N) is 1. The summed E-state index contributed by atoms with van der Waals surface area (Å²) in [6, 6.07) is 2.97. The van der Waals surface area contributed by atoms with Gasteiger partial charge < -0.3 is 10.2 Å². The van der Waals surface area contributed by atoms with Gasteiger partial charge in [0.05, 0.1) is 0 Å². The molecule has 0 amide bonds. The highest BCUT2D eigenvalue weighted by Crippen LogP contribution is 2.37. The average molecular weight is 292 g/mol. The van der Waals surface area contributed by atoms with Gasteiger partial charge in [-0.1, -0.05) is 0 Å². The zero-order valence-corrected chi connectivity index (χ0v) is 14.0. The van der Waals surface area contributed by atoms with Crippen molar-refractivity contribution in [2.45, 2.75) is 63.5 Å². The second kappa shape index (κ2) is 5.78. The van der Waals surface area contributed by atoms with Crippen LogP contribution in [0.1, 0.15) is 60.4 Å². The molecule has 0 spiro atoms. The monoisotopic (exact) mass is 292 g/mol. The van der Waals surface area contributed by atoms with Crippen LogP contribution in [0.25, 0.3) is 0 Å². The zero-order valence-electron chi connectivity index (χ0n) is 13.2. The molecule has 3 heteroatoms. The molecule has 1 fully saturated rings. The van der Waals surface area contributed by atoms with E-state index in [9.17, 15) is 0 Å². The van der Waals surface area contributed by atoms with Gasteiger partial charge in [0.15, 0.2) is 0 Å². The van der Waals surface area contributed by atoms with Crippen LogP contribution >= 0.6 is 11.3 Å². The molecule has 20 heavy (non-hydrogen) atoms. The quantitative estimate of drug-likeness (QED) is 0.889. The lowest BCUT2D eigenvalue weighted by Crippen LogP contribution is -2.56. The van der Waals surface area contributed by atoms with Crippen molar-refractivity contribution >= 4 is 11.3 Å². The lowest BCUT2D eigenvalue weighted by atomic mass is 9.75. The van der Waals surface area contributed by atoms with Gasteiger partial charge in [-0.15, -0.1) is 11.3 Å². The van der Waals surface area contributed by atoms with Crippen LogP contribution in [-0.2, 0) is 12.8 Å². The summed E-state index contributed by atoms with van der Waals surface area (Å²) in [7, 11) is 4.46. The van der Waals surface area contributed by atoms with E-state index in [1.807, 2.05) is 0 Å². The normalized spacial score (nSPS) is 22.4. The Bertz CT molecular complexity index is 436. The molecule has 0 radical (unpaired) electrons. The second-order valence-corrected chi connectivity index (χ2v) is 8.05. The Kier molecular flexibility index (Phi) is 4.21. The Balaban J connectivity index is 1.61. The number of rotatable bonds is 5. The summed E-state index contributed by atoms with van der Waals surface area (Å²) in [5.41, 5.74) is 2.06. The van der Waals surface area contributed by atoms with Crippen molar-refractivity contribution in [3.8, 4) is 0 Å². The lowest BCUT2D eigenvalue weighted by Gasteiger charge is -2.48. The molecule has 2 nitrogen and oxygen atoms in total. The SMILES string of the molecule is CC(NCC1(N(C)C)CCC1)c1cc2c(s1)CCCC2. The second-order valence-electron chi connectivity index (χ2n) is 6.88. The minimum absolute atomic E-state index is 0.422. The number of fused-ring (bicyclic) bond motifs is 1. The van der Waals surface area contributed by atoms with Crippen LogP contribution in [0, 0.1) is 0 Å². The van der Waals surface area contributed by atoms with Crippen molar-refractivity contribution in [2.24, 2.45) is 0 Å². The van der Waals surface area contributed by atoms with Crippen LogP contribution in [0.3, 0.4) is 0 Å². The number of likely N-dealkylation sites (N-methyl/N-ethyl adjacent to an activating group) is 1. The summed E-state index contributed by atoms with van der Waals surface area (Å²) in [5, 5.41) is 3.80. The summed E-state index contributed by atoms with van der Waals surface area (Å²) < 4.78 is 0. The summed E-state index contributed by atoms with van der Waals surface area (Å²) in [6.07, 6.45) is 9.48. The first-order valence-corrected chi connectivity index (χ1v) is 8.95. The summed E-state index contributed by atoms with van der Waals surface area (Å²) in [6.45, 7) is 3.46. The van der Waals surface area contributed by atoms with Gasteiger partial charge in [0.25, 0.3) is 0 Å². The van der Waals surface area contributed by atoms with Crippen LogP contribution in [-0.4, -0.2) is 31.1 Å². The fourth-order valence-corrected chi connectivity index (χ4v) is 4.82. The van der Waals surface area contributed by atoms with E-state index < -0.39 is 0 Å². The smallest absolute Gasteiger partial charge is 0.0386 e. The molecule has 0 saturated heterocycles. The van der Waals surface area contributed by atoms with Crippen molar-refractivity contribution in [2.75, 3.05) is 20.6 Å². The third-order valence-corrected chi connectivity index (χ3v) is 6.83. The Morgan fingerprint density at radius 3 is 2.60 bits per heavy atom. The minimum Gasteiger partial charge on any atom is -0.308 e. The number of aryl methyl sites for hydroxylation is 2. The minimum atomic E-state index is 0.422. The Labute approximate surface area is 127 Å². The number of nitrogens with zero attached hydrogens (tertiary/aromatic N) is 1. The van der Waals surface area contributed by atoms with Crippen LogP contribution in [0.5, 0.6) is 0 Å². The zero-order chi connectivity index (χ0) is 14.2. The highest BCUT2D eigenvalue weighted by atomic mass is 32.1. The van der Waals surface area contributed by atoms with E-state index in [-0.39, 0.29) is 0 Å². The number of hydrogen-bond acceptors (Lipinski definition) is 3. The van der Waals surface area contributed by atoms with E-state index in [0.29, 0.717) is 11.6 Å². The molecule has 0 aromatic carbocycles. The van der Waals surface area contributed by atoms with Crippen molar-refractivity contribution in [1.82, 2.24) is 10.2 Å². The fraction of sp³-hybridized carbons (Fsp3) is 0.765. The summed E-state index contributed by atoms with van der Waals surface area (Å²) >= 11 is 2.05. The van der Waals surface area contributed by atoms with Gasteiger partial charge in [0.1, 0.15) is 0 Å². The molecule has 3 rings (SSSR count). The molecule has 1 aromatic heterocycles. The molecule has 1 unspecified atom stereocenters. The lowest BCUT2D eigenvalue weighted by molar-refractivity contribution is 0.0577. The van der Waals surface area contributed by atoms with Gasteiger partial charge in [-0.05, 0) is 77.6 Å². The predicted molar refractivity (Wildman–Crippen MR) is 87.6 cm³/mol. The van der Waals surface area contributed by atoms with E-state index in [2.05, 4.69) is 48.6 Å². The van der Waals surface area contributed by atoms with E-state index >= 15 is 0 Å². The predicted octanol–water partition coefficient (Wildman–Crippen LogP) is 3.76. The molecule has 1 aromatic rings.